The maximum absolute atomic E-state index is 13.4. The number of fused-ring (bicyclic) bond motifs is 2. The Bertz CT molecular complexity index is 1400. The van der Waals surface area contributed by atoms with Gasteiger partial charge in [0.25, 0.3) is 5.91 Å². The van der Waals surface area contributed by atoms with Gasteiger partial charge in [0, 0.05) is 10.7 Å². The molecular weight excluding hydrogens is 445 g/mol. The lowest BCUT2D eigenvalue weighted by molar-refractivity contribution is 0.0971. The van der Waals surface area contributed by atoms with Crippen LogP contribution in [0.4, 0.5) is 5.69 Å². The summed E-state index contributed by atoms with van der Waals surface area (Å²) in [6.45, 7) is 0. The zero-order chi connectivity index (χ0) is 21.0. The second-order valence-electron chi connectivity index (χ2n) is 6.90. The number of para-hydroxylation sites is 1. The Balaban J connectivity index is 1.83. The molecule has 0 radical (unpaired) electrons. The van der Waals surface area contributed by atoms with Crippen LogP contribution in [0.25, 0.3) is 11.0 Å². The van der Waals surface area contributed by atoms with Gasteiger partial charge in [-0.2, -0.15) is 0 Å². The second-order valence-corrected chi connectivity index (χ2v) is 8.15. The van der Waals surface area contributed by atoms with Crippen LogP contribution < -0.4 is 10.3 Å². The van der Waals surface area contributed by atoms with E-state index >= 15 is 0 Å². The molecule has 1 unspecified atom stereocenters. The van der Waals surface area contributed by atoms with E-state index in [2.05, 4.69) is 0 Å². The predicted molar refractivity (Wildman–Crippen MR) is 119 cm³/mol. The smallest absolute Gasteiger partial charge is 0.295 e. The molecule has 0 fully saturated rings. The fourth-order valence-corrected chi connectivity index (χ4v) is 4.30. The Hall–Kier alpha value is -2.79. The first kappa shape index (κ1) is 19.2. The lowest BCUT2D eigenvalue weighted by atomic mass is 9.98. The summed E-state index contributed by atoms with van der Waals surface area (Å²) in [6.07, 6.45) is 0. The van der Waals surface area contributed by atoms with Crippen molar-refractivity contribution in [3.63, 3.8) is 0 Å². The van der Waals surface area contributed by atoms with Gasteiger partial charge < -0.3 is 4.42 Å². The summed E-state index contributed by atoms with van der Waals surface area (Å²) in [5, 5.41) is 1.58. The van der Waals surface area contributed by atoms with Gasteiger partial charge in [0.1, 0.15) is 5.58 Å². The van der Waals surface area contributed by atoms with Crippen LogP contribution in [0.3, 0.4) is 0 Å². The quantitative estimate of drug-likeness (QED) is 0.346. The molecule has 0 saturated heterocycles. The molecule has 2 heterocycles. The lowest BCUT2D eigenvalue weighted by Crippen LogP contribution is -2.29. The van der Waals surface area contributed by atoms with E-state index in [9.17, 15) is 9.59 Å². The second kappa shape index (κ2) is 7.17. The fraction of sp³-hybridized carbons (Fsp3) is 0.0435. The van der Waals surface area contributed by atoms with Crippen LogP contribution in [0.15, 0.2) is 75.9 Å². The molecule has 1 aliphatic heterocycles. The minimum absolute atomic E-state index is 0.00903. The molecule has 0 saturated carbocycles. The van der Waals surface area contributed by atoms with E-state index in [1.807, 2.05) is 0 Å². The molecular formula is C23H12Cl3NO3. The van der Waals surface area contributed by atoms with Gasteiger partial charge in [-0.1, -0.05) is 59.1 Å². The summed E-state index contributed by atoms with van der Waals surface area (Å²) in [4.78, 5) is 28.4. The number of hydrogen-bond acceptors (Lipinski definition) is 3. The van der Waals surface area contributed by atoms with Gasteiger partial charge in [-0.25, -0.2) is 0 Å². The molecule has 148 valence electrons. The number of carbonyl (C=O) groups excluding carboxylic acids is 1. The van der Waals surface area contributed by atoms with Crippen LogP contribution in [0.2, 0.25) is 15.1 Å². The summed E-state index contributed by atoms with van der Waals surface area (Å²) in [6, 6.07) is 18.0. The molecule has 1 amide bonds. The fourth-order valence-electron chi connectivity index (χ4n) is 3.81. The van der Waals surface area contributed by atoms with Crippen molar-refractivity contribution in [2.45, 2.75) is 6.04 Å². The van der Waals surface area contributed by atoms with E-state index in [-0.39, 0.29) is 16.8 Å². The molecule has 4 nitrogen and oxygen atoms in total. The minimum atomic E-state index is -0.735. The van der Waals surface area contributed by atoms with E-state index in [4.69, 9.17) is 39.2 Å². The van der Waals surface area contributed by atoms with Gasteiger partial charge in [0.2, 0.25) is 5.76 Å². The number of amides is 1. The summed E-state index contributed by atoms with van der Waals surface area (Å²) >= 11 is 18.5. The van der Waals surface area contributed by atoms with E-state index < -0.39 is 11.9 Å². The molecule has 0 spiro atoms. The normalized spacial score (nSPS) is 15.6. The van der Waals surface area contributed by atoms with Crippen molar-refractivity contribution in [3.8, 4) is 0 Å². The Morgan fingerprint density at radius 3 is 2.40 bits per heavy atom. The Kier molecular flexibility index (Phi) is 4.58. The SMILES string of the molecule is O=C1c2oc3ccccc3c(=O)c2C(c2ccc(Cl)c(Cl)c2)N1c1cccc(Cl)c1. The van der Waals surface area contributed by atoms with Crippen LogP contribution in [0.1, 0.15) is 27.7 Å². The molecule has 1 atom stereocenters. The first-order chi connectivity index (χ1) is 14.5. The third-order valence-corrected chi connectivity index (χ3v) is 6.10. The largest absolute Gasteiger partial charge is 0.450 e. The number of carbonyl (C=O) groups is 1. The number of nitrogens with zero attached hydrogens (tertiary/aromatic N) is 1. The molecule has 4 aromatic rings. The Morgan fingerprint density at radius 1 is 0.833 bits per heavy atom. The van der Waals surface area contributed by atoms with Crippen LogP contribution in [-0.2, 0) is 0 Å². The monoisotopic (exact) mass is 455 g/mol. The highest BCUT2D eigenvalue weighted by molar-refractivity contribution is 6.42. The molecule has 0 aliphatic carbocycles. The van der Waals surface area contributed by atoms with Crippen LogP contribution in [-0.4, -0.2) is 5.91 Å². The summed E-state index contributed by atoms with van der Waals surface area (Å²) < 4.78 is 5.90. The number of hydrogen-bond donors (Lipinski definition) is 0. The van der Waals surface area contributed by atoms with E-state index in [1.165, 1.54) is 4.90 Å². The molecule has 1 aliphatic rings. The lowest BCUT2D eigenvalue weighted by Gasteiger charge is -2.25. The standard InChI is InChI=1S/C23H12Cl3NO3/c24-13-4-3-5-14(11-13)27-20(12-8-9-16(25)17(26)10-12)19-21(28)15-6-1-2-7-18(15)30-22(19)23(27)29/h1-11,20H. The number of anilines is 1. The first-order valence-corrected chi connectivity index (χ1v) is 10.2. The molecule has 5 rings (SSSR count). The third-order valence-electron chi connectivity index (χ3n) is 5.12. The average molecular weight is 457 g/mol. The van der Waals surface area contributed by atoms with Crippen molar-refractivity contribution < 1.29 is 9.21 Å². The van der Waals surface area contributed by atoms with Crippen molar-refractivity contribution in [1.82, 2.24) is 0 Å². The topological polar surface area (TPSA) is 50.5 Å². The molecule has 0 bridgehead atoms. The maximum Gasteiger partial charge on any atom is 0.295 e. The van der Waals surface area contributed by atoms with Crippen molar-refractivity contribution in [3.05, 3.63) is 109 Å². The highest BCUT2D eigenvalue weighted by atomic mass is 35.5. The number of halogens is 3. The van der Waals surface area contributed by atoms with Gasteiger partial charge in [-0.3, -0.25) is 14.5 Å². The predicted octanol–water partition coefficient (Wildman–Crippen LogP) is 6.50. The number of benzene rings is 3. The number of rotatable bonds is 2. The molecule has 1 aromatic heterocycles. The van der Waals surface area contributed by atoms with Crippen LogP contribution in [0, 0.1) is 0 Å². The Labute approximate surface area is 186 Å². The zero-order valence-electron chi connectivity index (χ0n) is 15.2. The highest BCUT2D eigenvalue weighted by Crippen LogP contribution is 2.42. The average Bonchev–Trinajstić information content (AvgIpc) is 3.03. The third kappa shape index (κ3) is 2.91. The summed E-state index contributed by atoms with van der Waals surface area (Å²) in [5.74, 6) is -0.416. The summed E-state index contributed by atoms with van der Waals surface area (Å²) in [7, 11) is 0. The van der Waals surface area contributed by atoms with E-state index in [0.717, 1.165) is 0 Å². The molecule has 30 heavy (non-hydrogen) atoms. The van der Waals surface area contributed by atoms with Crippen LogP contribution >= 0.6 is 34.8 Å². The molecule has 7 heteroatoms. The van der Waals surface area contributed by atoms with Gasteiger partial charge in [-0.15, -0.1) is 0 Å². The van der Waals surface area contributed by atoms with E-state index in [0.29, 0.717) is 37.3 Å². The maximum atomic E-state index is 13.4. The summed E-state index contributed by atoms with van der Waals surface area (Å²) in [5.41, 5.74) is 1.53. The highest BCUT2D eigenvalue weighted by Gasteiger charge is 2.43. The van der Waals surface area contributed by atoms with Crippen molar-refractivity contribution in [2.75, 3.05) is 4.90 Å². The molecule has 3 aromatic carbocycles. The van der Waals surface area contributed by atoms with Crippen molar-refractivity contribution in [2.24, 2.45) is 0 Å². The van der Waals surface area contributed by atoms with Crippen molar-refractivity contribution in [1.29, 1.82) is 0 Å². The van der Waals surface area contributed by atoms with Crippen molar-refractivity contribution >= 4 is 57.4 Å². The minimum Gasteiger partial charge on any atom is -0.450 e. The van der Waals surface area contributed by atoms with Gasteiger partial charge in [-0.05, 0) is 48.0 Å². The zero-order valence-corrected chi connectivity index (χ0v) is 17.5. The van der Waals surface area contributed by atoms with Gasteiger partial charge in [0.05, 0.1) is 27.0 Å². The van der Waals surface area contributed by atoms with E-state index in [1.54, 1.807) is 66.7 Å². The van der Waals surface area contributed by atoms with Gasteiger partial charge in [0.15, 0.2) is 5.43 Å². The van der Waals surface area contributed by atoms with Gasteiger partial charge >= 0.3 is 0 Å². The first-order valence-electron chi connectivity index (χ1n) is 9.05. The van der Waals surface area contributed by atoms with Crippen LogP contribution in [0.5, 0.6) is 0 Å². The Morgan fingerprint density at radius 2 is 1.63 bits per heavy atom. The molecule has 0 N–H and O–H groups in total.